The van der Waals surface area contributed by atoms with E-state index >= 15 is 0 Å². The molecule has 2 aromatic rings. The monoisotopic (exact) mass is 389 g/mol. The minimum atomic E-state index is -0.980. The van der Waals surface area contributed by atoms with E-state index in [9.17, 15) is 9.59 Å². The Morgan fingerprint density at radius 2 is 1.81 bits per heavy atom. The van der Waals surface area contributed by atoms with Gasteiger partial charge in [0, 0.05) is 18.0 Å². The molecule has 0 aliphatic heterocycles. The molecule has 0 unspecified atom stereocenters. The summed E-state index contributed by atoms with van der Waals surface area (Å²) in [5.74, 6) is -0.497. The number of aliphatic carboxylic acids is 1. The zero-order valence-corrected chi connectivity index (χ0v) is 15.9. The molecule has 144 valence electrons. The van der Waals surface area contributed by atoms with Gasteiger partial charge in [-0.1, -0.05) is 41.9 Å². The molecule has 2 rings (SSSR count). The molecule has 0 atom stereocenters. The number of halogens is 1. The van der Waals surface area contributed by atoms with Crippen LogP contribution in [0.2, 0.25) is 5.02 Å². The number of ether oxygens (including phenoxy) is 1. The lowest BCUT2D eigenvalue weighted by atomic mass is 10.1. The van der Waals surface area contributed by atoms with Crippen molar-refractivity contribution in [1.29, 1.82) is 0 Å². The first-order valence-electron chi connectivity index (χ1n) is 8.98. The third-order valence-corrected chi connectivity index (χ3v) is 4.25. The summed E-state index contributed by atoms with van der Waals surface area (Å²) in [6, 6.07) is 15.7. The summed E-state index contributed by atoms with van der Waals surface area (Å²) in [5, 5.41) is 11.9. The van der Waals surface area contributed by atoms with Gasteiger partial charge in [-0.05, 0) is 48.6 Å². The number of hydrogen-bond acceptors (Lipinski definition) is 3. The van der Waals surface area contributed by atoms with Crippen molar-refractivity contribution >= 4 is 23.5 Å². The maximum Gasteiger partial charge on any atom is 0.303 e. The molecule has 0 saturated heterocycles. The summed E-state index contributed by atoms with van der Waals surface area (Å²) < 4.78 is 5.90. The summed E-state index contributed by atoms with van der Waals surface area (Å²) in [6.07, 6.45) is 2.22. The number of carbonyl (C=O) groups is 2. The largest absolute Gasteiger partial charge is 0.493 e. The van der Waals surface area contributed by atoms with Gasteiger partial charge in [0.25, 0.3) is 0 Å². The number of hydrogen-bond donors (Lipinski definition) is 2. The molecule has 0 saturated carbocycles. The van der Waals surface area contributed by atoms with Crippen LogP contribution in [0.4, 0.5) is 0 Å². The smallest absolute Gasteiger partial charge is 0.303 e. The zero-order chi connectivity index (χ0) is 19.5. The molecule has 0 radical (unpaired) electrons. The van der Waals surface area contributed by atoms with Gasteiger partial charge in [-0.25, -0.2) is 0 Å². The number of aryl methyl sites for hydroxylation is 1. The maximum atomic E-state index is 11.6. The van der Waals surface area contributed by atoms with Crippen molar-refractivity contribution < 1.29 is 19.4 Å². The number of carbonyl (C=O) groups excluding carboxylic acids is 1. The number of rotatable bonds is 11. The van der Waals surface area contributed by atoms with Crippen LogP contribution in [0, 0.1) is 0 Å². The van der Waals surface area contributed by atoms with Gasteiger partial charge < -0.3 is 15.2 Å². The summed E-state index contributed by atoms with van der Waals surface area (Å²) >= 11 is 6.08. The average Bonchev–Trinajstić information content (AvgIpc) is 2.66. The summed E-state index contributed by atoms with van der Waals surface area (Å²) in [7, 11) is 0. The van der Waals surface area contributed by atoms with Crippen molar-refractivity contribution in [3.05, 3.63) is 64.7 Å². The van der Waals surface area contributed by atoms with E-state index in [1.54, 1.807) is 6.07 Å². The second-order valence-electron chi connectivity index (χ2n) is 6.18. The predicted molar refractivity (Wildman–Crippen MR) is 105 cm³/mol. The first kappa shape index (κ1) is 20.8. The van der Waals surface area contributed by atoms with Crippen LogP contribution in [0.25, 0.3) is 0 Å². The van der Waals surface area contributed by atoms with Crippen LogP contribution in [0.15, 0.2) is 48.5 Å². The lowest BCUT2D eigenvalue weighted by Crippen LogP contribution is -2.26. The first-order valence-corrected chi connectivity index (χ1v) is 9.36. The first-order chi connectivity index (χ1) is 13.0. The van der Waals surface area contributed by atoms with Crippen molar-refractivity contribution in [3.8, 4) is 5.75 Å². The molecule has 27 heavy (non-hydrogen) atoms. The third-order valence-electron chi connectivity index (χ3n) is 4.02. The second kappa shape index (κ2) is 11.2. The molecule has 0 aromatic heterocycles. The summed E-state index contributed by atoms with van der Waals surface area (Å²) in [6.45, 7) is 0.994. The van der Waals surface area contributed by atoms with Gasteiger partial charge in [0.05, 0.1) is 13.0 Å². The molecule has 0 fully saturated rings. The zero-order valence-electron chi connectivity index (χ0n) is 15.1. The number of benzene rings is 2. The fraction of sp³-hybridized carbons (Fsp3) is 0.333. The molecular formula is C21H24ClNO4. The fourth-order valence-corrected chi connectivity index (χ4v) is 2.83. The van der Waals surface area contributed by atoms with Crippen molar-refractivity contribution in [2.75, 3.05) is 13.2 Å². The normalized spacial score (nSPS) is 10.4. The minimum Gasteiger partial charge on any atom is -0.493 e. The van der Waals surface area contributed by atoms with Gasteiger partial charge in [-0.3, -0.25) is 9.59 Å². The van der Waals surface area contributed by atoms with E-state index in [0.29, 0.717) is 24.6 Å². The molecule has 2 aromatic carbocycles. The highest BCUT2D eigenvalue weighted by Gasteiger charge is 2.08. The van der Waals surface area contributed by atoms with Gasteiger partial charge in [0.2, 0.25) is 5.91 Å². The lowest BCUT2D eigenvalue weighted by molar-refractivity contribution is -0.138. The van der Waals surface area contributed by atoms with Gasteiger partial charge in [-0.15, -0.1) is 0 Å². The molecule has 1 amide bonds. The van der Waals surface area contributed by atoms with Crippen LogP contribution in [0.5, 0.6) is 5.75 Å². The summed E-state index contributed by atoms with van der Waals surface area (Å²) in [4.78, 5) is 22.1. The van der Waals surface area contributed by atoms with Crippen molar-refractivity contribution in [3.63, 3.8) is 0 Å². The van der Waals surface area contributed by atoms with E-state index in [2.05, 4.69) is 17.4 Å². The molecule has 0 bridgehead atoms. The van der Waals surface area contributed by atoms with Gasteiger partial charge >= 0.3 is 5.97 Å². The van der Waals surface area contributed by atoms with Crippen molar-refractivity contribution in [2.24, 2.45) is 0 Å². The van der Waals surface area contributed by atoms with Gasteiger partial charge in [0.1, 0.15) is 5.75 Å². The number of carboxylic acid groups (broad SMARTS) is 1. The predicted octanol–water partition coefficient (Wildman–Crippen LogP) is 3.88. The molecule has 0 aliphatic rings. The third kappa shape index (κ3) is 8.13. The quantitative estimate of drug-likeness (QED) is 0.572. The second-order valence-corrected chi connectivity index (χ2v) is 6.62. The van der Waals surface area contributed by atoms with Crippen LogP contribution in [0.1, 0.15) is 30.4 Å². The Bertz CT molecular complexity index is 749. The van der Waals surface area contributed by atoms with Gasteiger partial charge in [0.15, 0.2) is 0 Å². The fourth-order valence-electron chi connectivity index (χ4n) is 2.63. The Morgan fingerprint density at radius 3 is 2.56 bits per heavy atom. The SMILES string of the molecule is O=C(O)CCC(=O)NCCc1cc(Cl)ccc1OCCCc1ccccc1. The highest BCUT2D eigenvalue weighted by atomic mass is 35.5. The molecular weight excluding hydrogens is 366 g/mol. The minimum absolute atomic E-state index is 0.0201. The van der Waals surface area contributed by atoms with E-state index in [1.807, 2.05) is 30.3 Å². The van der Waals surface area contributed by atoms with E-state index < -0.39 is 5.97 Å². The lowest BCUT2D eigenvalue weighted by Gasteiger charge is -2.13. The highest BCUT2D eigenvalue weighted by Crippen LogP contribution is 2.23. The highest BCUT2D eigenvalue weighted by molar-refractivity contribution is 6.30. The van der Waals surface area contributed by atoms with Crippen LogP contribution in [0.3, 0.4) is 0 Å². The molecule has 5 nitrogen and oxygen atoms in total. The van der Waals surface area contributed by atoms with Gasteiger partial charge in [-0.2, -0.15) is 0 Å². The number of amides is 1. The molecule has 0 spiro atoms. The van der Waals surface area contributed by atoms with Crippen LogP contribution in [-0.2, 0) is 22.4 Å². The van der Waals surface area contributed by atoms with E-state index in [4.69, 9.17) is 21.4 Å². The van der Waals surface area contributed by atoms with Crippen LogP contribution in [-0.4, -0.2) is 30.1 Å². The molecule has 0 aliphatic carbocycles. The van der Waals surface area contributed by atoms with Crippen LogP contribution < -0.4 is 10.1 Å². The Hall–Kier alpha value is -2.53. The van der Waals surface area contributed by atoms with Crippen LogP contribution >= 0.6 is 11.6 Å². The average molecular weight is 390 g/mol. The Kier molecular flexibility index (Phi) is 8.65. The standard InChI is InChI=1S/C21H24ClNO4/c22-18-8-9-19(27-14-4-7-16-5-2-1-3-6-16)17(15-18)12-13-23-20(24)10-11-21(25)26/h1-3,5-6,8-9,15H,4,7,10-14H2,(H,23,24)(H,25,26). The molecule has 2 N–H and O–H groups in total. The Labute approximate surface area is 164 Å². The molecule has 0 heterocycles. The van der Waals surface area contributed by atoms with E-state index in [-0.39, 0.29) is 18.7 Å². The van der Waals surface area contributed by atoms with E-state index in [1.165, 1.54) is 5.56 Å². The van der Waals surface area contributed by atoms with Crippen molar-refractivity contribution in [1.82, 2.24) is 5.32 Å². The maximum absolute atomic E-state index is 11.6. The van der Waals surface area contributed by atoms with E-state index in [0.717, 1.165) is 24.2 Å². The topological polar surface area (TPSA) is 75.6 Å². The molecule has 6 heteroatoms. The number of carboxylic acids is 1. The Balaban J connectivity index is 1.79. The summed E-state index contributed by atoms with van der Waals surface area (Å²) in [5.41, 5.74) is 2.20. The number of nitrogens with one attached hydrogen (secondary N) is 1. The Morgan fingerprint density at radius 1 is 1.04 bits per heavy atom. The van der Waals surface area contributed by atoms with Crippen molar-refractivity contribution in [2.45, 2.75) is 32.1 Å².